The van der Waals surface area contributed by atoms with Crippen molar-refractivity contribution in [1.29, 1.82) is 0 Å². The second-order valence-corrected chi connectivity index (χ2v) is 6.91. The van der Waals surface area contributed by atoms with E-state index < -0.39 is 17.6 Å². The summed E-state index contributed by atoms with van der Waals surface area (Å²) in [5, 5.41) is 2.71. The maximum absolute atomic E-state index is 13.2. The summed E-state index contributed by atoms with van der Waals surface area (Å²) < 4.78 is 52.0. The van der Waals surface area contributed by atoms with E-state index in [2.05, 4.69) is 5.32 Å². The number of halogens is 4. The third-order valence-corrected chi connectivity index (χ3v) is 5.04. The van der Waals surface area contributed by atoms with Crippen LogP contribution < -0.4 is 15.1 Å². The third-order valence-electron chi connectivity index (χ3n) is 5.04. The third kappa shape index (κ3) is 4.81. The summed E-state index contributed by atoms with van der Waals surface area (Å²) in [6.07, 6.45) is -4.37. The molecule has 1 atom stereocenters. The highest BCUT2D eigenvalue weighted by Crippen LogP contribution is 2.31. The number of carbonyl (C=O) groups excluding carboxylic acids is 1. The number of alkyl halides is 3. The number of anilines is 2. The molecule has 2 N–H and O–H groups in total. The van der Waals surface area contributed by atoms with Gasteiger partial charge in [-0.1, -0.05) is 12.1 Å². The van der Waals surface area contributed by atoms with E-state index in [0.29, 0.717) is 37.6 Å². The van der Waals surface area contributed by atoms with E-state index in [1.165, 1.54) is 24.3 Å². The zero-order valence-corrected chi connectivity index (χ0v) is 15.4. The Morgan fingerprint density at radius 3 is 2.43 bits per heavy atom. The number of rotatable bonds is 4. The lowest BCUT2D eigenvalue weighted by atomic mass is 10.1. The lowest BCUT2D eigenvalue weighted by Gasteiger charge is -2.36. The Balaban J connectivity index is 1.58. The predicted molar refractivity (Wildman–Crippen MR) is 98.8 cm³/mol. The molecule has 0 aliphatic carbocycles. The Kier molecular flexibility index (Phi) is 5.88. The molecule has 28 heavy (non-hydrogen) atoms. The lowest BCUT2D eigenvalue weighted by Crippen LogP contribution is -3.19. The number of quaternary nitrogens is 1. The first-order valence-electron chi connectivity index (χ1n) is 9.07. The van der Waals surface area contributed by atoms with Crippen molar-refractivity contribution in [2.45, 2.75) is 19.1 Å². The lowest BCUT2D eigenvalue weighted by molar-refractivity contribution is -0.914. The molecule has 2 aromatic rings. The van der Waals surface area contributed by atoms with Gasteiger partial charge in [0.25, 0.3) is 5.91 Å². The second-order valence-electron chi connectivity index (χ2n) is 6.91. The molecule has 0 aromatic heterocycles. The number of hydrogen-bond acceptors (Lipinski definition) is 2. The molecular formula is C20H22F4N3O+. The van der Waals surface area contributed by atoms with E-state index in [-0.39, 0.29) is 11.9 Å². The van der Waals surface area contributed by atoms with Crippen molar-refractivity contribution in [2.75, 3.05) is 36.4 Å². The van der Waals surface area contributed by atoms with Crippen LogP contribution in [0.2, 0.25) is 0 Å². The number of hydrogen-bond donors (Lipinski definition) is 2. The zero-order chi connectivity index (χ0) is 20.3. The molecule has 150 valence electrons. The van der Waals surface area contributed by atoms with Crippen LogP contribution in [0.25, 0.3) is 0 Å². The normalized spacial score (nSPS) is 16.7. The average molecular weight is 396 g/mol. The minimum atomic E-state index is -4.37. The van der Waals surface area contributed by atoms with E-state index >= 15 is 0 Å². The van der Waals surface area contributed by atoms with Crippen molar-refractivity contribution in [2.24, 2.45) is 0 Å². The second kappa shape index (κ2) is 8.18. The van der Waals surface area contributed by atoms with Gasteiger partial charge in [-0.05, 0) is 43.3 Å². The SMILES string of the molecule is C[C@H](C(=O)Nc1cccc(F)c1)[NH+]1CCN(c2cccc(C(F)(F)F)c2)CC1. The molecule has 1 aliphatic rings. The molecule has 1 aliphatic heterocycles. The zero-order valence-electron chi connectivity index (χ0n) is 15.4. The van der Waals surface area contributed by atoms with Crippen LogP contribution in [0.1, 0.15) is 12.5 Å². The van der Waals surface area contributed by atoms with Gasteiger partial charge in [0.05, 0.1) is 31.7 Å². The molecule has 8 heteroatoms. The summed E-state index contributed by atoms with van der Waals surface area (Å²) in [7, 11) is 0. The predicted octanol–water partition coefficient (Wildman–Crippen LogP) is 2.58. The van der Waals surface area contributed by atoms with Crippen LogP contribution in [-0.2, 0) is 11.0 Å². The number of nitrogens with one attached hydrogen (secondary N) is 2. The summed E-state index contributed by atoms with van der Waals surface area (Å²) in [6.45, 7) is 4.13. The molecule has 1 amide bonds. The van der Waals surface area contributed by atoms with E-state index in [0.717, 1.165) is 17.0 Å². The van der Waals surface area contributed by atoms with Crippen LogP contribution in [-0.4, -0.2) is 38.1 Å². The minimum Gasteiger partial charge on any atom is -0.360 e. The summed E-state index contributed by atoms with van der Waals surface area (Å²) >= 11 is 0. The highest BCUT2D eigenvalue weighted by atomic mass is 19.4. The molecule has 1 saturated heterocycles. The summed E-state index contributed by atoms with van der Waals surface area (Å²) in [4.78, 5) is 15.4. The molecule has 0 spiro atoms. The van der Waals surface area contributed by atoms with Crippen molar-refractivity contribution >= 4 is 17.3 Å². The summed E-state index contributed by atoms with van der Waals surface area (Å²) in [5.41, 5.74) is 0.271. The maximum atomic E-state index is 13.2. The van der Waals surface area contributed by atoms with Gasteiger partial charge in [-0.25, -0.2) is 4.39 Å². The fraction of sp³-hybridized carbons (Fsp3) is 0.350. The van der Waals surface area contributed by atoms with Crippen LogP contribution in [0.15, 0.2) is 48.5 Å². The maximum Gasteiger partial charge on any atom is 0.416 e. The van der Waals surface area contributed by atoms with E-state index in [4.69, 9.17) is 0 Å². The van der Waals surface area contributed by atoms with Gasteiger partial charge in [0.15, 0.2) is 6.04 Å². The van der Waals surface area contributed by atoms with Crippen molar-refractivity contribution in [3.05, 3.63) is 59.9 Å². The van der Waals surface area contributed by atoms with Gasteiger partial charge < -0.3 is 15.1 Å². The molecule has 0 saturated carbocycles. The van der Waals surface area contributed by atoms with Gasteiger partial charge in [-0.3, -0.25) is 4.79 Å². The van der Waals surface area contributed by atoms with Gasteiger partial charge in [0, 0.05) is 11.4 Å². The Labute approximate surface area is 160 Å². The highest BCUT2D eigenvalue weighted by molar-refractivity contribution is 5.93. The molecule has 0 bridgehead atoms. The molecular weight excluding hydrogens is 374 g/mol. The smallest absolute Gasteiger partial charge is 0.360 e. The van der Waals surface area contributed by atoms with E-state index in [1.807, 2.05) is 4.90 Å². The van der Waals surface area contributed by atoms with E-state index in [1.54, 1.807) is 19.1 Å². The summed E-state index contributed by atoms with van der Waals surface area (Å²) in [5.74, 6) is -0.638. The number of carbonyl (C=O) groups is 1. The Hall–Kier alpha value is -2.61. The molecule has 1 heterocycles. The van der Waals surface area contributed by atoms with Gasteiger partial charge >= 0.3 is 6.18 Å². The number of benzene rings is 2. The van der Waals surface area contributed by atoms with Crippen molar-refractivity contribution < 1.29 is 27.3 Å². The van der Waals surface area contributed by atoms with Gasteiger partial charge in [0.2, 0.25) is 0 Å². The largest absolute Gasteiger partial charge is 0.416 e. The van der Waals surface area contributed by atoms with Crippen LogP contribution in [0.5, 0.6) is 0 Å². The van der Waals surface area contributed by atoms with Gasteiger partial charge in [0.1, 0.15) is 5.82 Å². The van der Waals surface area contributed by atoms with Crippen molar-refractivity contribution in [3.8, 4) is 0 Å². The molecule has 0 unspecified atom stereocenters. The topological polar surface area (TPSA) is 36.8 Å². The number of nitrogens with zero attached hydrogens (tertiary/aromatic N) is 1. The summed E-state index contributed by atoms with van der Waals surface area (Å²) in [6, 6.07) is 10.6. The van der Waals surface area contributed by atoms with Gasteiger partial charge in [-0.2, -0.15) is 13.2 Å². The van der Waals surface area contributed by atoms with Crippen LogP contribution in [0.3, 0.4) is 0 Å². The van der Waals surface area contributed by atoms with Crippen LogP contribution >= 0.6 is 0 Å². The molecule has 4 nitrogen and oxygen atoms in total. The fourth-order valence-corrected chi connectivity index (χ4v) is 3.37. The molecule has 1 fully saturated rings. The molecule has 2 aromatic carbocycles. The first-order valence-corrected chi connectivity index (χ1v) is 9.07. The average Bonchev–Trinajstić information content (AvgIpc) is 2.67. The Morgan fingerprint density at radius 1 is 1.11 bits per heavy atom. The van der Waals surface area contributed by atoms with Gasteiger partial charge in [-0.15, -0.1) is 0 Å². The standard InChI is InChI=1S/C20H21F4N3O/c1-14(19(28)25-17-6-3-5-16(21)13-17)26-8-10-27(11-9-26)18-7-2-4-15(12-18)20(22,23)24/h2-7,12-14H,8-11H2,1H3,(H,25,28)/p+1/t14-/m1/s1. The van der Waals surface area contributed by atoms with Crippen molar-refractivity contribution in [1.82, 2.24) is 0 Å². The molecule has 3 rings (SSSR count). The first-order chi connectivity index (χ1) is 13.2. The fourth-order valence-electron chi connectivity index (χ4n) is 3.37. The van der Waals surface area contributed by atoms with Crippen LogP contribution in [0, 0.1) is 5.82 Å². The number of amides is 1. The van der Waals surface area contributed by atoms with E-state index in [9.17, 15) is 22.4 Å². The Morgan fingerprint density at radius 2 is 1.79 bits per heavy atom. The van der Waals surface area contributed by atoms with Crippen LogP contribution in [0.4, 0.5) is 28.9 Å². The number of piperazine rings is 1. The first kappa shape index (κ1) is 20.1. The molecule has 0 radical (unpaired) electrons. The highest BCUT2D eigenvalue weighted by Gasteiger charge is 2.32. The quantitative estimate of drug-likeness (QED) is 0.780. The monoisotopic (exact) mass is 396 g/mol. The van der Waals surface area contributed by atoms with Crippen molar-refractivity contribution in [3.63, 3.8) is 0 Å². The minimum absolute atomic E-state index is 0.215. The Bertz CT molecular complexity index is 832.